The van der Waals surface area contributed by atoms with E-state index < -0.39 is 0 Å². The highest BCUT2D eigenvalue weighted by Crippen LogP contribution is 2.49. The quantitative estimate of drug-likeness (QED) is 0.514. The Morgan fingerprint density at radius 3 is 2.70 bits per heavy atom. The van der Waals surface area contributed by atoms with Crippen LogP contribution in [-0.2, 0) is 0 Å². The molecule has 2 heterocycles. The summed E-state index contributed by atoms with van der Waals surface area (Å²) in [6, 6.07) is 17.0. The minimum Gasteiger partial charge on any atom is -0.354 e. The van der Waals surface area contributed by atoms with E-state index in [1.54, 1.807) is 11.8 Å². The van der Waals surface area contributed by atoms with Gasteiger partial charge in [0.2, 0.25) is 0 Å². The number of hydrogen-bond donors (Lipinski definition) is 1. The predicted molar refractivity (Wildman–Crippen MR) is 100 cm³/mol. The van der Waals surface area contributed by atoms with Crippen LogP contribution >= 0.6 is 11.8 Å². The van der Waals surface area contributed by atoms with Crippen molar-refractivity contribution in [3.63, 3.8) is 0 Å². The summed E-state index contributed by atoms with van der Waals surface area (Å²) < 4.78 is 0. The second-order valence-corrected chi connectivity index (χ2v) is 6.48. The third kappa shape index (κ3) is 2.13. The van der Waals surface area contributed by atoms with E-state index in [1.165, 1.54) is 21.4 Å². The smallest absolute Gasteiger partial charge is 0.0553 e. The number of aromatic amines is 1. The Hall–Kier alpha value is -2.63. The van der Waals surface area contributed by atoms with Crippen molar-refractivity contribution in [2.45, 2.75) is 11.8 Å². The minimum absolute atomic E-state index is 1.10. The molecule has 1 aromatic heterocycles. The lowest BCUT2D eigenvalue weighted by Crippen LogP contribution is -1.87. The fourth-order valence-electron chi connectivity index (χ4n) is 3.15. The van der Waals surface area contributed by atoms with E-state index >= 15 is 0 Å². The molecule has 0 aliphatic carbocycles. The van der Waals surface area contributed by atoms with Gasteiger partial charge in [-0.2, -0.15) is 0 Å². The standard InChI is InChI=1S/C21H15NS/c1-3-9-18-14(4-2)21-20(15-10-5-7-12-17(15)22-21)16-11-6-8-13-19(16)23-18/h1,4-13,22H,2H3/b14-4+,18-9+. The number of hydrogen-bond acceptors (Lipinski definition) is 1. The molecule has 0 unspecified atom stereocenters. The first-order chi connectivity index (χ1) is 11.3. The fourth-order valence-corrected chi connectivity index (χ4v) is 4.27. The molecule has 0 fully saturated rings. The van der Waals surface area contributed by atoms with E-state index in [4.69, 9.17) is 6.42 Å². The summed E-state index contributed by atoms with van der Waals surface area (Å²) in [5.41, 5.74) is 5.98. The van der Waals surface area contributed by atoms with Gasteiger partial charge in [-0.25, -0.2) is 0 Å². The molecule has 1 aliphatic heterocycles. The van der Waals surface area contributed by atoms with Crippen LogP contribution in [0.5, 0.6) is 0 Å². The highest BCUT2D eigenvalue weighted by molar-refractivity contribution is 8.03. The molecule has 1 aliphatic rings. The van der Waals surface area contributed by atoms with E-state index in [1.807, 2.05) is 6.08 Å². The lowest BCUT2D eigenvalue weighted by atomic mass is 9.98. The van der Waals surface area contributed by atoms with Gasteiger partial charge in [0, 0.05) is 37.9 Å². The van der Waals surface area contributed by atoms with Crippen molar-refractivity contribution >= 4 is 28.2 Å². The van der Waals surface area contributed by atoms with Gasteiger partial charge in [0.1, 0.15) is 0 Å². The Morgan fingerprint density at radius 2 is 1.87 bits per heavy atom. The van der Waals surface area contributed by atoms with Crippen molar-refractivity contribution in [2.24, 2.45) is 0 Å². The first-order valence-electron chi connectivity index (χ1n) is 7.54. The van der Waals surface area contributed by atoms with Gasteiger partial charge in [-0.05, 0) is 24.6 Å². The van der Waals surface area contributed by atoms with E-state index in [2.05, 4.69) is 72.4 Å². The Morgan fingerprint density at radius 1 is 1.09 bits per heavy atom. The fraction of sp³-hybridized carbons (Fsp3) is 0.0476. The van der Waals surface area contributed by atoms with Crippen LogP contribution < -0.4 is 0 Å². The number of H-pyrrole nitrogens is 1. The normalized spacial score (nSPS) is 16.9. The summed E-state index contributed by atoms with van der Waals surface area (Å²) in [6.07, 6.45) is 9.56. The molecule has 0 saturated carbocycles. The zero-order valence-electron chi connectivity index (χ0n) is 12.8. The number of terminal acetylenes is 1. The SMILES string of the molecule is C#C/C=C1/Sc2ccccc2-c2c([nH]c3ccccc23)/C1=C/C. The van der Waals surface area contributed by atoms with Crippen molar-refractivity contribution in [3.8, 4) is 23.5 Å². The van der Waals surface area contributed by atoms with E-state index in [0.717, 1.165) is 21.7 Å². The van der Waals surface area contributed by atoms with Crippen LogP contribution in [0.4, 0.5) is 0 Å². The summed E-state index contributed by atoms with van der Waals surface area (Å²) in [7, 11) is 0. The predicted octanol–water partition coefficient (Wildman–Crippen LogP) is 5.86. The summed E-state index contributed by atoms with van der Waals surface area (Å²) in [6.45, 7) is 2.06. The minimum atomic E-state index is 1.10. The Labute approximate surface area is 140 Å². The third-order valence-electron chi connectivity index (χ3n) is 4.12. The molecule has 0 atom stereocenters. The van der Waals surface area contributed by atoms with Crippen molar-refractivity contribution < 1.29 is 0 Å². The molecule has 0 amide bonds. The number of nitrogens with one attached hydrogen (secondary N) is 1. The molecule has 23 heavy (non-hydrogen) atoms. The van der Waals surface area contributed by atoms with Crippen LogP contribution in [0, 0.1) is 12.3 Å². The lowest BCUT2D eigenvalue weighted by Gasteiger charge is -2.07. The molecular formula is C21H15NS. The van der Waals surface area contributed by atoms with Gasteiger partial charge in [-0.15, -0.1) is 6.42 Å². The van der Waals surface area contributed by atoms with Gasteiger partial charge in [0.25, 0.3) is 0 Å². The van der Waals surface area contributed by atoms with E-state index in [9.17, 15) is 0 Å². The largest absolute Gasteiger partial charge is 0.354 e. The second kappa shape index (κ2) is 5.53. The average Bonchev–Trinajstić information content (AvgIpc) is 2.89. The molecule has 2 heteroatoms. The van der Waals surface area contributed by atoms with Crippen LogP contribution in [0.25, 0.3) is 27.6 Å². The number of para-hydroxylation sites is 1. The van der Waals surface area contributed by atoms with Crippen LogP contribution in [0.15, 0.2) is 70.5 Å². The molecule has 0 spiro atoms. The number of fused-ring (bicyclic) bond motifs is 5. The number of allylic oxidation sites excluding steroid dienone is 3. The van der Waals surface area contributed by atoms with E-state index in [-0.39, 0.29) is 0 Å². The molecule has 0 radical (unpaired) electrons. The van der Waals surface area contributed by atoms with Crippen LogP contribution in [0.3, 0.4) is 0 Å². The maximum Gasteiger partial charge on any atom is 0.0553 e. The number of aromatic nitrogens is 1. The lowest BCUT2D eigenvalue weighted by molar-refractivity contribution is 1.39. The Kier molecular flexibility index (Phi) is 3.37. The number of benzene rings is 2. The van der Waals surface area contributed by atoms with Gasteiger partial charge >= 0.3 is 0 Å². The summed E-state index contributed by atoms with van der Waals surface area (Å²) in [5, 5.41) is 1.25. The topological polar surface area (TPSA) is 15.8 Å². The maximum atomic E-state index is 5.57. The summed E-state index contributed by atoms with van der Waals surface area (Å²) in [5.74, 6) is 2.69. The van der Waals surface area contributed by atoms with Crippen molar-refractivity contribution in [3.05, 3.63) is 71.3 Å². The van der Waals surface area contributed by atoms with Crippen LogP contribution in [-0.4, -0.2) is 4.98 Å². The van der Waals surface area contributed by atoms with Crippen molar-refractivity contribution in [2.75, 3.05) is 0 Å². The molecule has 3 aromatic rings. The molecule has 1 N–H and O–H groups in total. The first-order valence-corrected chi connectivity index (χ1v) is 8.36. The van der Waals surface area contributed by atoms with Crippen molar-refractivity contribution in [1.82, 2.24) is 4.98 Å². The van der Waals surface area contributed by atoms with Crippen molar-refractivity contribution in [1.29, 1.82) is 0 Å². The number of thioether (sulfide) groups is 1. The Bertz CT molecular complexity index is 1010. The molecule has 4 rings (SSSR count). The van der Waals surface area contributed by atoms with Gasteiger partial charge in [-0.1, -0.05) is 60.2 Å². The second-order valence-electron chi connectivity index (χ2n) is 5.40. The summed E-state index contributed by atoms with van der Waals surface area (Å²) >= 11 is 1.74. The van der Waals surface area contributed by atoms with Gasteiger partial charge < -0.3 is 4.98 Å². The van der Waals surface area contributed by atoms with Crippen LogP contribution in [0.2, 0.25) is 0 Å². The molecule has 0 saturated heterocycles. The summed E-state index contributed by atoms with van der Waals surface area (Å²) in [4.78, 5) is 5.93. The molecule has 0 bridgehead atoms. The van der Waals surface area contributed by atoms with Gasteiger partial charge in [0.05, 0.1) is 5.69 Å². The highest BCUT2D eigenvalue weighted by Gasteiger charge is 2.24. The third-order valence-corrected chi connectivity index (χ3v) is 5.25. The Balaban J connectivity index is 2.17. The molecule has 1 nitrogen and oxygen atoms in total. The average molecular weight is 313 g/mol. The molecule has 110 valence electrons. The first kappa shape index (κ1) is 14.0. The number of rotatable bonds is 0. The van der Waals surface area contributed by atoms with Gasteiger partial charge in [-0.3, -0.25) is 0 Å². The molecule has 2 aromatic carbocycles. The van der Waals surface area contributed by atoms with E-state index in [0.29, 0.717) is 0 Å². The zero-order valence-corrected chi connectivity index (χ0v) is 13.6. The highest BCUT2D eigenvalue weighted by atomic mass is 32.2. The zero-order chi connectivity index (χ0) is 15.8. The maximum absolute atomic E-state index is 5.57. The molecular weight excluding hydrogens is 298 g/mol. The monoisotopic (exact) mass is 313 g/mol. The van der Waals surface area contributed by atoms with Gasteiger partial charge in [0.15, 0.2) is 0 Å². The van der Waals surface area contributed by atoms with Crippen LogP contribution in [0.1, 0.15) is 12.6 Å².